The predicted molar refractivity (Wildman–Crippen MR) is 125 cm³/mol. The Kier molecular flexibility index (Phi) is 8.63. The van der Waals surface area contributed by atoms with Crippen molar-refractivity contribution in [1.29, 1.82) is 0 Å². The molecule has 33 heavy (non-hydrogen) atoms. The number of amides is 3. The molecule has 7 nitrogen and oxygen atoms in total. The number of allylic oxidation sites excluding steroid dienone is 3. The standard InChI is InChI=1S/C25H36FN3O4/c1-8-19-17(4)28(18-13-11-10-12-14-18)23(31)22(19)29(20(9-2)16(3)26)21(30)15-27-24(32)33-25(5,6)7/h8-9,18,22H,1-2,10-15H2,3-7H3,(H,27,32)/b20-16-. The fourth-order valence-corrected chi connectivity index (χ4v) is 4.44. The number of carbonyl (C=O) groups excluding carboxylic acids is 3. The fraction of sp³-hybridized carbons (Fsp3) is 0.560. The molecule has 0 bridgehead atoms. The summed E-state index contributed by atoms with van der Waals surface area (Å²) in [5, 5.41) is 2.40. The Bertz CT molecular complexity index is 875. The number of carbonyl (C=O) groups is 3. The molecule has 0 aromatic carbocycles. The van der Waals surface area contributed by atoms with Crippen LogP contribution in [0, 0.1) is 0 Å². The van der Waals surface area contributed by atoms with Gasteiger partial charge in [0, 0.05) is 17.3 Å². The highest BCUT2D eigenvalue weighted by atomic mass is 19.1. The third-order valence-electron chi connectivity index (χ3n) is 5.82. The van der Waals surface area contributed by atoms with E-state index in [-0.39, 0.29) is 17.6 Å². The molecule has 1 unspecified atom stereocenters. The molecule has 0 aromatic heterocycles. The number of hydrogen-bond acceptors (Lipinski definition) is 4. The maximum Gasteiger partial charge on any atom is 0.408 e. The number of alkyl carbamates (subject to hydrolysis) is 1. The van der Waals surface area contributed by atoms with E-state index in [1.54, 1.807) is 25.7 Å². The summed E-state index contributed by atoms with van der Waals surface area (Å²) >= 11 is 0. The molecule has 182 valence electrons. The van der Waals surface area contributed by atoms with Crippen molar-refractivity contribution in [3.8, 4) is 0 Å². The molecule has 1 aliphatic heterocycles. The number of nitrogens with one attached hydrogen (secondary N) is 1. The van der Waals surface area contributed by atoms with Crippen LogP contribution in [0.4, 0.5) is 9.18 Å². The molecule has 1 aliphatic carbocycles. The minimum Gasteiger partial charge on any atom is -0.444 e. The first-order valence-electron chi connectivity index (χ1n) is 11.4. The first-order chi connectivity index (χ1) is 15.4. The van der Waals surface area contributed by atoms with E-state index in [0.717, 1.165) is 37.0 Å². The third-order valence-corrected chi connectivity index (χ3v) is 5.82. The molecule has 8 heteroatoms. The van der Waals surface area contributed by atoms with Crippen molar-refractivity contribution in [2.24, 2.45) is 0 Å². The maximum absolute atomic E-state index is 14.5. The highest BCUT2D eigenvalue weighted by Gasteiger charge is 2.45. The fourth-order valence-electron chi connectivity index (χ4n) is 4.44. The monoisotopic (exact) mass is 461 g/mol. The molecule has 3 amide bonds. The van der Waals surface area contributed by atoms with Gasteiger partial charge < -0.3 is 15.0 Å². The summed E-state index contributed by atoms with van der Waals surface area (Å²) < 4.78 is 19.7. The lowest BCUT2D eigenvalue weighted by Gasteiger charge is -2.34. The largest absolute Gasteiger partial charge is 0.444 e. The van der Waals surface area contributed by atoms with Crippen molar-refractivity contribution < 1.29 is 23.5 Å². The quantitative estimate of drug-likeness (QED) is 0.556. The zero-order chi connectivity index (χ0) is 24.9. The van der Waals surface area contributed by atoms with E-state index < -0.39 is 36.0 Å². The van der Waals surface area contributed by atoms with Crippen LogP contribution in [0.3, 0.4) is 0 Å². The predicted octanol–water partition coefficient (Wildman–Crippen LogP) is 4.73. The Morgan fingerprint density at radius 3 is 2.33 bits per heavy atom. The average molecular weight is 462 g/mol. The topological polar surface area (TPSA) is 79.0 Å². The number of nitrogens with zero attached hydrogens (tertiary/aromatic N) is 2. The van der Waals surface area contributed by atoms with Crippen molar-refractivity contribution in [3.63, 3.8) is 0 Å². The molecule has 0 aromatic rings. The molecular weight excluding hydrogens is 425 g/mol. The van der Waals surface area contributed by atoms with Crippen LogP contribution in [0.25, 0.3) is 0 Å². The summed E-state index contributed by atoms with van der Waals surface area (Å²) in [6.07, 6.45) is 6.89. The molecule has 0 saturated heterocycles. The molecule has 1 N–H and O–H groups in total. The van der Waals surface area contributed by atoms with E-state index in [0.29, 0.717) is 11.3 Å². The highest BCUT2D eigenvalue weighted by Crippen LogP contribution is 2.37. The van der Waals surface area contributed by atoms with Crippen LogP contribution in [-0.2, 0) is 14.3 Å². The zero-order valence-electron chi connectivity index (χ0n) is 20.4. The average Bonchev–Trinajstić information content (AvgIpc) is 2.98. The van der Waals surface area contributed by atoms with Crippen molar-refractivity contribution in [3.05, 3.63) is 48.1 Å². The summed E-state index contributed by atoms with van der Waals surface area (Å²) in [4.78, 5) is 41.8. The van der Waals surface area contributed by atoms with E-state index in [1.807, 2.05) is 6.92 Å². The smallest absolute Gasteiger partial charge is 0.408 e. The number of hydrogen-bond donors (Lipinski definition) is 1. The Balaban J connectivity index is 2.40. The van der Waals surface area contributed by atoms with Gasteiger partial charge in [-0.3, -0.25) is 14.5 Å². The van der Waals surface area contributed by atoms with E-state index in [4.69, 9.17) is 4.74 Å². The molecule has 1 fully saturated rings. The second-order valence-corrected chi connectivity index (χ2v) is 9.39. The Labute approximate surface area is 196 Å². The Morgan fingerprint density at radius 2 is 1.85 bits per heavy atom. The number of ether oxygens (including phenoxy) is 1. The van der Waals surface area contributed by atoms with Gasteiger partial charge in [-0.1, -0.05) is 38.5 Å². The van der Waals surface area contributed by atoms with Gasteiger partial charge in [0.1, 0.15) is 24.0 Å². The van der Waals surface area contributed by atoms with Gasteiger partial charge in [-0.2, -0.15) is 0 Å². The summed E-state index contributed by atoms with van der Waals surface area (Å²) in [7, 11) is 0. The molecular formula is C25H36FN3O4. The van der Waals surface area contributed by atoms with E-state index in [2.05, 4.69) is 18.5 Å². The van der Waals surface area contributed by atoms with Gasteiger partial charge in [-0.05, 0) is 53.5 Å². The van der Waals surface area contributed by atoms with Gasteiger partial charge in [0.25, 0.3) is 5.91 Å². The van der Waals surface area contributed by atoms with Crippen LogP contribution in [0.5, 0.6) is 0 Å². The van der Waals surface area contributed by atoms with Gasteiger partial charge in [0.15, 0.2) is 0 Å². The van der Waals surface area contributed by atoms with Crippen molar-refractivity contribution in [2.45, 2.75) is 84.4 Å². The normalized spacial score (nSPS) is 20.4. The first kappa shape index (κ1) is 26.4. The van der Waals surface area contributed by atoms with Gasteiger partial charge in [-0.15, -0.1) is 0 Å². The zero-order valence-corrected chi connectivity index (χ0v) is 20.4. The molecule has 0 spiro atoms. The van der Waals surface area contributed by atoms with Crippen LogP contribution >= 0.6 is 0 Å². The lowest BCUT2D eigenvalue weighted by Crippen LogP contribution is -2.51. The van der Waals surface area contributed by atoms with Crippen LogP contribution in [0.1, 0.15) is 66.7 Å². The Hall–Kier alpha value is -2.90. The minimum absolute atomic E-state index is 0.0330. The Morgan fingerprint density at radius 1 is 1.24 bits per heavy atom. The van der Waals surface area contributed by atoms with E-state index >= 15 is 0 Å². The molecule has 2 aliphatic rings. The SMILES string of the molecule is C=CC1=C(C)N(C2CCCCC2)C(=O)C1N(C(=O)CNC(=O)OC(C)(C)C)/C(C=C)=C(/C)F. The summed E-state index contributed by atoms with van der Waals surface area (Å²) in [5.41, 5.74) is 0.384. The molecule has 1 atom stereocenters. The second-order valence-electron chi connectivity index (χ2n) is 9.39. The molecule has 1 heterocycles. The number of halogens is 1. The molecule has 2 rings (SSSR count). The van der Waals surface area contributed by atoms with Crippen LogP contribution in [0.2, 0.25) is 0 Å². The molecule has 0 radical (unpaired) electrons. The van der Waals surface area contributed by atoms with Gasteiger partial charge in [-0.25, -0.2) is 9.18 Å². The summed E-state index contributed by atoms with van der Waals surface area (Å²) in [5.74, 6) is -1.63. The van der Waals surface area contributed by atoms with Crippen LogP contribution in [0.15, 0.2) is 48.1 Å². The lowest BCUT2D eigenvalue weighted by molar-refractivity contribution is -0.140. The van der Waals surface area contributed by atoms with Crippen molar-refractivity contribution in [1.82, 2.24) is 15.1 Å². The third kappa shape index (κ3) is 6.12. The van der Waals surface area contributed by atoms with Gasteiger partial charge in [0.2, 0.25) is 5.91 Å². The highest BCUT2D eigenvalue weighted by molar-refractivity contribution is 5.97. The van der Waals surface area contributed by atoms with Crippen LogP contribution < -0.4 is 5.32 Å². The van der Waals surface area contributed by atoms with E-state index in [9.17, 15) is 18.8 Å². The lowest BCUT2D eigenvalue weighted by atomic mass is 9.94. The summed E-state index contributed by atoms with van der Waals surface area (Å²) in [6.45, 7) is 15.1. The summed E-state index contributed by atoms with van der Waals surface area (Å²) in [6, 6.07) is -1.05. The molecule has 1 saturated carbocycles. The maximum atomic E-state index is 14.5. The van der Waals surface area contributed by atoms with Gasteiger partial charge >= 0.3 is 6.09 Å². The second kappa shape index (κ2) is 10.8. The number of rotatable bonds is 7. The van der Waals surface area contributed by atoms with Crippen molar-refractivity contribution in [2.75, 3.05) is 6.54 Å². The van der Waals surface area contributed by atoms with E-state index in [1.165, 1.54) is 19.1 Å². The first-order valence-corrected chi connectivity index (χ1v) is 11.4. The minimum atomic E-state index is -1.09. The van der Waals surface area contributed by atoms with Gasteiger partial charge in [0.05, 0.1) is 5.70 Å². The van der Waals surface area contributed by atoms with Crippen LogP contribution in [-0.4, -0.2) is 51.9 Å². The van der Waals surface area contributed by atoms with Crippen molar-refractivity contribution >= 4 is 17.9 Å².